The van der Waals surface area contributed by atoms with Crippen molar-refractivity contribution in [2.24, 2.45) is 5.92 Å². The van der Waals surface area contributed by atoms with Crippen LogP contribution in [0.25, 0.3) is 0 Å². The van der Waals surface area contributed by atoms with Crippen LogP contribution in [0.15, 0.2) is 0 Å². The lowest BCUT2D eigenvalue weighted by molar-refractivity contribution is 0.0684. The topological polar surface area (TPSA) is 49.7 Å². The SMILES string of the molecule is CC(C)[Si](OC[C@@H](O)C[C@H](C)CO)(C(C)C)C(C)C. The third-order valence-electron chi connectivity index (χ3n) is 4.22. The Bertz CT molecular complexity index is 220. The summed E-state index contributed by atoms with van der Waals surface area (Å²) in [5.74, 6) is 0.131. The largest absolute Gasteiger partial charge is 0.413 e. The molecule has 0 saturated carbocycles. The van der Waals surface area contributed by atoms with Crippen molar-refractivity contribution in [3.63, 3.8) is 0 Å². The Morgan fingerprint density at radius 2 is 1.32 bits per heavy atom. The summed E-state index contributed by atoms with van der Waals surface area (Å²) in [7, 11) is -1.87. The number of aliphatic hydroxyl groups is 2. The van der Waals surface area contributed by atoms with Gasteiger partial charge in [-0.05, 0) is 29.0 Å². The summed E-state index contributed by atoms with van der Waals surface area (Å²) in [6.07, 6.45) is 0.139. The van der Waals surface area contributed by atoms with Crippen LogP contribution in [0.5, 0.6) is 0 Å². The summed E-state index contributed by atoms with van der Waals surface area (Å²) >= 11 is 0. The zero-order valence-electron chi connectivity index (χ0n) is 13.8. The van der Waals surface area contributed by atoms with E-state index in [-0.39, 0.29) is 12.5 Å². The molecule has 4 heteroatoms. The fourth-order valence-corrected chi connectivity index (χ4v) is 8.83. The van der Waals surface area contributed by atoms with Gasteiger partial charge in [-0.25, -0.2) is 0 Å². The van der Waals surface area contributed by atoms with Crippen LogP contribution in [0.4, 0.5) is 0 Å². The van der Waals surface area contributed by atoms with Crippen molar-refractivity contribution < 1.29 is 14.6 Å². The molecule has 0 rings (SSSR count). The molecular formula is C15H34O3Si. The molecule has 0 aliphatic carbocycles. The van der Waals surface area contributed by atoms with E-state index in [4.69, 9.17) is 9.53 Å². The van der Waals surface area contributed by atoms with Crippen LogP contribution in [-0.2, 0) is 4.43 Å². The maximum atomic E-state index is 10.0. The Morgan fingerprint density at radius 1 is 0.895 bits per heavy atom. The van der Waals surface area contributed by atoms with E-state index in [0.717, 1.165) is 0 Å². The molecule has 0 unspecified atom stereocenters. The predicted octanol–water partition coefficient (Wildman–Crippen LogP) is 3.56. The Kier molecular flexibility index (Phi) is 8.44. The van der Waals surface area contributed by atoms with Crippen LogP contribution in [0.3, 0.4) is 0 Å². The van der Waals surface area contributed by atoms with Gasteiger partial charge in [0.05, 0.1) is 12.7 Å². The summed E-state index contributed by atoms with van der Waals surface area (Å²) < 4.78 is 6.33. The lowest BCUT2D eigenvalue weighted by Crippen LogP contribution is -2.49. The highest BCUT2D eigenvalue weighted by atomic mass is 28.4. The Hall–Kier alpha value is 0.0969. The van der Waals surface area contributed by atoms with E-state index in [1.54, 1.807) is 0 Å². The molecule has 0 aliphatic heterocycles. The van der Waals surface area contributed by atoms with Crippen molar-refractivity contribution in [1.29, 1.82) is 0 Å². The molecule has 0 aromatic heterocycles. The Labute approximate surface area is 120 Å². The summed E-state index contributed by atoms with van der Waals surface area (Å²) in [6, 6.07) is 0. The van der Waals surface area contributed by atoms with Gasteiger partial charge in [-0.15, -0.1) is 0 Å². The van der Waals surface area contributed by atoms with Gasteiger partial charge in [0.25, 0.3) is 0 Å². The van der Waals surface area contributed by atoms with Gasteiger partial charge in [-0.2, -0.15) is 0 Å². The van der Waals surface area contributed by atoms with Crippen molar-refractivity contribution in [3.05, 3.63) is 0 Å². The first-order chi connectivity index (χ1) is 8.68. The first-order valence-corrected chi connectivity index (χ1v) is 9.75. The van der Waals surface area contributed by atoms with Crippen LogP contribution in [0, 0.1) is 5.92 Å². The van der Waals surface area contributed by atoms with Crippen molar-refractivity contribution in [2.75, 3.05) is 13.2 Å². The average molecular weight is 291 g/mol. The smallest absolute Gasteiger partial charge is 0.200 e. The molecule has 0 aliphatic rings. The summed E-state index contributed by atoms with van der Waals surface area (Å²) in [6.45, 7) is 15.9. The monoisotopic (exact) mass is 290 g/mol. The van der Waals surface area contributed by atoms with E-state index in [1.165, 1.54) is 0 Å². The third kappa shape index (κ3) is 5.18. The summed E-state index contributed by atoms with van der Waals surface area (Å²) in [5, 5.41) is 19.1. The van der Waals surface area contributed by atoms with Crippen LogP contribution in [-0.4, -0.2) is 37.8 Å². The van der Waals surface area contributed by atoms with E-state index in [2.05, 4.69) is 41.5 Å². The lowest BCUT2D eigenvalue weighted by atomic mass is 10.1. The molecule has 0 aromatic carbocycles. The maximum Gasteiger partial charge on any atom is 0.200 e. The number of hydrogen-bond donors (Lipinski definition) is 2. The van der Waals surface area contributed by atoms with Crippen LogP contribution < -0.4 is 0 Å². The highest BCUT2D eigenvalue weighted by Gasteiger charge is 2.45. The summed E-state index contributed by atoms with van der Waals surface area (Å²) in [4.78, 5) is 0. The van der Waals surface area contributed by atoms with E-state index < -0.39 is 14.4 Å². The summed E-state index contributed by atoms with van der Waals surface area (Å²) in [5.41, 5.74) is 1.61. The molecule has 2 N–H and O–H groups in total. The zero-order chi connectivity index (χ0) is 15.2. The Morgan fingerprint density at radius 3 is 1.63 bits per heavy atom. The van der Waals surface area contributed by atoms with Gasteiger partial charge in [-0.3, -0.25) is 0 Å². The van der Waals surface area contributed by atoms with Crippen LogP contribution in [0.1, 0.15) is 54.9 Å². The molecule has 0 bridgehead atoms. The van der Waals surface area contributed by atoms with E-state index in [1.807, 2.05) is 6.92 Å². The molecular weight excluding hydrogens is 256 g/mol. The molecule has 2 atom stereocenters. The first kappa shape index (κ1) is 19.1. The first-order valence-electron chi connectivity index (χ1n) is 7.61. The molecule has 0 amide bonds. The molecule has 0 radical (unpaired) electrons. The second kappa shape index (κ2) is 8.40. The predicted molar refractivity (Wildman–Crippen MR) is 83.9 cm³/mol. The highest BCUT2D eigenvalue weighted by Crippen LogP contribution is 2.42. The zero-order valence-corrected chi connectivity index (χ0v) is 14.8. The van der Waals surface area contributed by atoms with Crippen molar-refractivity contribution in [1.82, 2.24) is 0 Å². The van der Waals surface area contributed by atoms with Gasteiger partial charge >= 0.3 is 0 Å². The number of hydrogen-bond acceptors (Lipinski definition) is 3. The van der Waals surface area contributed by atoms with Crippen molar-refractivity contribution >= 4 is 8.32 Å². The Balaban J connectivity index is 4.67. The molecule has 0 spiro atoms. The second-order valence-corrected chi connectivity index (χ2v) is 12.3. The normalized spacial score (nSPS) is 16.4. The van der Waals surface area contributed by atoms with Gasteiger partial charge in [0.15, 0.2) is 8.32 Å². The van der Waals surface area contributed by atoms with E-state index in [0.29, 0.717) is 29.7 Å². The third-order valence-corrected chi connectivity index (χ3v) is 10.3. The molecule has 116 valence electrons. The lowest BCUT2D eigenvalue weighted by Gasteiger charge is -2.42. The second-order valence-electron chi connectivity index (χ2n) is 6.81. The van der Waals surface area contributed by atoms with Gasteiger partial charge in [0.2, 0.25) is 0 Å². The molecule has 3 nitrogen and oxygen atoms in total. The van der Waals surface area contributed by atoms with Gasteiger partial charge < -0.3 is 14.6 Å². The molecule has 0 saturated heterocycles. The van der Waals surface area contributed by atoms with E-state index in [9.17, 15) is 5.11 Å². The fraction of sp³-hybridized carbons (Fsp3) is 1.00. The number of rotatable bonds is 9. The molecule has 0 fully saturated rings. The highest BCUT2D eigenvalue weighted by molar-refractivity contribution is 6.77. The quantitative estimate of drug-likeness (QED) is 0.638. The van der Waals surface area contributed by atoms with Crippen LogP contribution >= 0.6 is 0 Å². The fourth-order valence-electron chi connectivity index (χ4n) is 3.35. The van der Waals surface area contributed by atoms with Crippen molar-refractivity contribution in [2.45, 2.75) is 77.6 Å². The standard InChI is InChI=1S/C15H34O3Si/c1-11(2)19(12(3)4,13(5)6)18-10-15(17)8-14(7)9-16/h11-17H,8-10H2,1-7H3/t14-,15-/m0/s1. The van der Waals surface area contributed by atoms with Gasteiger partial charge in [0.1, 0.15) is 0 Å². The van der Waals surface area contributed by atoms with Crippen LogP contribution in [0.2, 0.25) is 16.6 Å². The van der Waals surface area contributed by atoms with E-state index >= 15 is 0 Å². The molecule has 0 heterocycles. The maximum absolute atomic E-state index is 10.0. The van der Waals surface area contributed by atoms with Gasteiger partial charge in [-0.1, -0.05) is 48.5 Å². The molecule has 0 aromatic rings. The minimum Gasteiger partial charge on any atom is -0.413 e. The average Bonchev–Trinajstić information content (AvgIpc) is 2.27. The van der Waals surface area contributed by atoms with Gasteiger partial charge in [0, 0.05) is 6.61 Å². The number of aliphatic hydroxyl groups excluding tert-OH is 2. The minimum atomic E-state index is -1.87. The van der Waals surface area contributed by atoms with Crippen molar-refractivity contribution in [3.8, 4) is 0 Å². The molecule has 19 heavy (non-hydrogen) atoms. The minimum absolute atomic E-state index is 0.123.